The van der Waals surface area contributed by atoms with Gasteiger partial charge in [0.25, 0.3) is 0 Å². The number of nitrogens with two attached hydrogens (primary N) is 1. The molecular formula is C9H6F7NO. The maximum atomic E-state index is 12.8. The molecule has 0 spiro atoms. The smallest absolute Gasteiger partial charge is 0.456 e. The fourth-order valence-electron chi connectivity index (χ4n) is 0.931. The minimum atomic E-state index is -5.83. The Morgan fingerprint density at radius 3 is 2.11 bits per heavy atom. The summed E-state index contributed by atoms with van der Waals surface area (Å²) in [5, 5.41) is 0. The largest absolute Gasteiger partial charge is 0.485 e. The number of benzene rings is 1. The lowest BCUT2D eigenvalue weighted by atomic mass is 10.2. The maximum absolute atomic E-state index is 12.8. The number of hydrogen-bond acceptors (Lipinski definition) is 2. The summed E-state index contributed by atoms with van der Waals surface area (Å²) in [6.45, 7) is -2.12. The van der Waals surface area contributed by atoms with Crippen molar-refractivity contribution in [3.63, 3.8) is 0 Å². The van der Waals surface area contributed by atoms with E-state index in [9.17, 15) is 30.7 Å². The molecule has 18 heavy (non-hydrogen) atoms. The van der Waals surface area contributed by atoms with Crippen LogP contribution in [0.1, 0.15) is 0 Å². The monoisotopic (exact) mass is 277 g/mol. The Labute approximate surface area is 96.1 Å². The highest BCUT2D eigenvalue weighted by Gasteiger charge is 2.58. The predicted molar refractivity (Wildman–Crippen MR) is 47.3 cm³/mol. The van der Waals surface area contributed by atoms with Crippen molar-refractivity contribution in [2.24, 2.45) is 0 Å². The number of hydrogen-bond donors (Lipinski definition) is 1. The van der Waals surface area contributed by atoms with Gasteiger partial charge in [0.15, 0.2) is 12.4 Å². The van der Waals surface area contributed by atoms with Gasteiger partial charge in [0.2, 0.25) is 0 Å². The number of ether oxygens (including phenoxy) is 1. The molecule has 0 bridgehead atoms. The molecular weight excluding hydrogens is 271 g/mol. The highest BCUT2D eigenvalue weighted by Crippen LogP contribution is 2.36. The summed E-state index contributed by atoms with van der Waals surface area (Å²) in [6, 6.07) is 0.745. The summed E-state index contributed by atoms with van der Waals surface area (Å²) >= 11 is 0. The number of alkyl halides is 5. The van der Waals surface area contributed by atoms with E-state index >= 15 is 0 Å². The second kappa shape index (κ2) is 4.54. The predicted octanol–water partition coefficient (Wildman–Crippen LogP) is 3.12. The summed E-state index contributed by atoms with van der Waals surface area (Å²) in [7, 11) is 0. The van der Waals surface area contributed by atoms with E-state index < -0.39 is 41.8 Å². The maximum Gasteiger partial charge on any atom is 0.456 e. The van der Waals surface area contributed by atoms with E-state index in [1.165, 1.54) is 0 Å². The van der Waals surface area contributed by atoms with Crippen LogP contribution in [0.5, 0.6) is 5.75 Å². The molecule has 9 heteroatoms. The van der Waals surface area contributed by atoms with Crippen LogP contribution < -0.4 is 10.5 Å². The first-order valence-corrected chi connectivity index (χ1v) is 4.36. The third-order valence-corrected chi connectivity index (χ3v) is 1.88. The molecule has 0 fully saturated rings. The molecule has 1 rings (SSSR count). The molecule has 1 aromatic rings. The Bertz CT molecular complexity index is 443. The topological polar surface area (TPSA) is 35.2 Å². The Kier molecular flexibility index (Phi) is 3.63. The average molecular weight is 277 g/mol. The van der Waals surface area contributed by atoms with Crippen molar-refractivity contribution in [3.8, 4) is 5.75 Å². The molecule has 2 N–H and O–H groups in total. The van der Waals surface area contributed by atoms with E-state index in [2.05, 4.69) is 4.74 Å². The highest BCUT2D eigenvalue weighted by atomic mass is 19.4. The van der Waals surface area contributed by atoms with Gasteiger partial charge in [-0.25, -0.2) is 8.78 Å². The minimum absolute atomic E-state index is 0.337. The third-order valence-electron chi connectivity index (χ3n) is 1.88. The van der Waals surface area contributed by atoms with E-state index in [0.717, 1.165) is 0 Å². The molecule has 0 saturated carbocycles. The first kappa shape index (κ1) is 14.4. The van der Waals surface area contributed by atoms with Gasteiger partial charge in [0.1, 0.15) is 17.3 Å². The summed E-state index contributed by atoms with van der Waals surface area (Å²) < 4.78 is 89.8. The van der Waals surface area contributed by atoms with Crippen molar-refractivity contribution in [1.82, 2.24) is 0 Å². The van der Waals surface area contributed by atoms with E-state index in [-0.39, 0.29) is 0 Å². The van der Waals surface area contributed by atoms with Gasteiger partial charge >= 0.3 is 12.1 Å². The lowest BCUT2D eigenvalue weighted by Gasteiger charge is -2.20. The van der Waals surface area contributed by atoms with Crippen molar-refractivity contribution >= 4 is 5.69 Å². The lowest BCUT2D eigenvalue weighted by molar-refractivity contribution is -0.289. The normalized spacial score (nSPS) is 12.6. The van der Waals surface area contributed by atoms with Crippen LogP contribution in [0.15, 0.2) is 12.1 Å². The van der Waals surface area contributed by atoms with E-state index in [4.69, 9.17) is 5.73 Å². The first-order valence-electron chi connectivity index (χ1n) is 4.36. The zero-order chi connectivity index (χ0) is 14.1. The molecule has 2 nitrogen and oxygen atoms in total. The van der Waals surface area contributed by atoms with Crippen LogP contribution in [0.3, 0.4) is 0 Å². The Morgan fingerprint density at radius 2 is 1.61 bits per heavy atom. The van der Waals surface area contributed by atoms with Gasteiger partial charge in [-0.15, -0.1) is 0 Å². The van der Waals surface area contributed by atoms with Crippen LogP contribution in [-0.2, 0) is 0 Å². The number of halogens is 7. The van der Waals surface area contributed by atoms with Gasteiger partial charge in [-0.1, -0.05) is 0 Å². The van der Waals surface area contributed by atoms with Crippen LogP contribution in [0.2, 0.25) is 0 Å². The molecule has 0 atom stereocenters. The van der Waals surface area contributed by atoms with E-state index in [1.54, 1.807) is 0 Å². The molecule has 0 aromatic heterocycles. The number of nitrogen functional groups attached to an aromatic ring is 1. The Hall–Kier alpha value is -1.67. The van der Waals surface area contributed by atoms with Gasteiger partial charge in [-0.3, -0.25) is 0 Å². The van der Waals surface area contributed by atoms with Gasteiger partial charge in [0, 0.05) is 12.1 Å². The third kappa shape index (κ3) is 2.96. The highest BCUT2D eigenvalue weighted by molar-refractivity contribution is 5.53. The standard InChI is InChI=1S/C9H6F7NO/c10-4-1-5(11)7(17)6(2-4)18-3-8(12,13)9(14,15)16/h1-2H,3,17H2. The van der Waals surface area contributed by atoms with Crippen molar-refractivity contribution in [3.05, 3.63) is 23.8 Å². The first-order chi connectivity index (χ1) is 8.04. The molecule has 0 radical (unpaired) electrons. The zero-order valence-corrected chi connectivity index (χ0v) is 8.49. The van der Waals surface area contributed by atoms with Crippen molar-refractivity contribution < 1.29 is 35.5 Å². The second-order valence-electron chi connectivity index (χ2n) is 3.29. The summed E-state index contributed by atoms with van der Waals surface area (Å²) in [6.07, 6.45) is -5.83. The lowest BCUT2D eigenvalue weighted by Crippen LogP contribution is -2.41. The molecule has 102 valence electrons. The molecule has 1 aromatic carbocycles. The number of anilines is 1. The van der Waals surface area contributed by atoms with E-state index in [0.29, 0.717) is 12.1 Å². The minimum Gasteiger partial charge on any atom is -0.485 e. The van der Waals surface area contributed by atoms with Crippen molar-refractivity contribution in [2.45, 2.75) is 12.1 Å². The Morgan fingerprint density at radius 1 is 1.06 bits per heavy atom. The summed E-state index contributed by atoms with van der Waals surface area (Å²) in [5.74, 6) is -8.61. The van der Waals surface area contributed by atoms with Crippen LogP contribution in [0, 0.1) is 11.6 Å². The number of rotatable bonds is 3. The van der Waals surface area contributed by atoms with Crippen molar-refractivity contribution in [1.29, 1.82) is 0 Å². The molecule has 0 saturated heterocycles. The van der Waals surface area contributed by atoms with Gasteiger partial charge in [-0.2, -0.15) is 22.0 Å². The molecule has 0 aliphatic rings. The molecule has 0 amide bonds. The molecule has 0 aliphatic heterocycles. The molecule has 0 aliphatic carbocycles. The summed E-state index contributed by atoms with van der Waals surface area (Å²) in [4.78, 5) is 0. The van der Waals surface area contributed by atoms with Gasteiger partial charge < -0.3 is 10.5 Å². The van der Waals surface area contributed by atoms with Crippen LogP contribution >= 0.6 is 0 Å². The quantitative estimate of drug-likeness (QED) is 0.680. The van der Waals surface area contributed by atoms with Gasteiger partial charge in [0.05, 0.1) is 0 Å². The molecule has 0 unspecified atom stereocenters. The van der Waals surface area contributed by atoms with Crippen LogP contribution in [0.25, 0.3) is 0 Å². The fraction of sp³-hybridized carbons (Fsp3) is 0.333. The van der Waals surface area contributed by atoms with Crippen LogP contribution in [-0.4, -0.2) is 18.7 Å². The SMILES string of the molecule is Nc1c(F)cc(F)cc1OCC(F)(F)C(F)(F)F. The zero-order valence-electron chi connectivity index (χ0n) is 8.49. The average Bonchev–Trinajstić information content (AvgIpc) is 2.19. The second-order valence-corrected chi connectivity index (χ2v) is 3.29. The Balaban J connectivity index is 2.88. The summed E-state index contributed by atoms with van der Waals surface area (Å²) in [5.41, 5.74) is 4.14. The molecule has 0 heterocycles. The fourth-order valence-corrected chi connectivity index (χ4v) is 0.931. The van der Waals surface area contributed by atoms with Gasteiger partial charge in [-0.05, 0) is 0 Å². The van der Waals surface area contributed by atoms with Crippen molar-refractivity contribution in [2.75, 3.05) is 12.3 Å². The van der Waals surface area contributed by atoms with E-state index in [1.807, 2.05) is 0 Å². The van der Waals surface area contributed by atoms with Crippen LogP contribution in [0.4, 0.5) is 36.4 Å².